The minimum Gasteiger partial charge on any atom is -0.370 e. The number of nitrogens with one attached hydrogen (secondary N) is 1. The Morgan fingerprint density at radius 1 is 1.50 bits per heavy atom. The molecule has 1 atom stereocenters. The molecular formula is C14H25N5S. The van der Waals surface area contributed by atoms with Gasteiger partial charge in [-0.2, -0.15) is 0 Å². The van der Waals surface area contributed by atoms with Crippen molar-refractivity contribution in [2.45, 2.75) is 12.5 Å². The Morgan fingerprint density at radius 3 is 3.10 bits per heavy atom. The van der Waals surface area contributed by atoms with Gasteiger partial charge in [0, 0.05) is 37.1 Å². The monoisotopic (exact) mass is 295 g/mol. The molecule has 0 aromatic carbocycles. The summed E-state index contributed by atoms with van der Waals surface area (Å²) in [5.74, 6) is 0.559. The maximum Gasteiger partial charge on any atom is 0.188 e. The average molecular weight is 295 g/mol. The van der Waals surface area contributed by atoms with Crippen LogP contribution in [0.2, 0.25) is 0 Å². The van der Waals surface area contributed by atoms with Crippen molar-refractivity contribution >= 4 is 17.3 Å². The highest BCUT2D eigenvalue weighted by Gasteiger charge is 2.21. The summed E-state index contributed by atoms with van der Waals surface area (Å²) in [7, 11) is 4.32. The van der Waals surface area contributed by atoms with Gasteiger partial charge >= 0.3 is 0 Å². The topological polar surface area (TPSA) is 56.9 Å². The number of thiophene rings is 1. The third-order valence-corrected chi connectivity index (χ3v) is 4.65. The summed E-state index contributed by atoms with van der Waals surface area (Å²) in [6, 6.07) is 4.69. The van der Waals surface area contributed by atoms with E-state index in [2.05, 4.69) is 51.7 Å². The largest absolute Gasteiger partial charge is 0.370 e. The van der Waals surface area contributed by atoms with Crippen molar-refractivity contribution in [3.63, 3.8) is 0 Å². The fourth-order valence-electron chi connectivity index (χ4n) is 2.33. The zero-order valence-corrected chi connectivity index (χ0v) is 13.2. The molecule has 0 radical (unpaired) electrons. The number of aliphatic imine (C=N–C) groups is 1. The van der Waals surface area contributed by atoms with E-state index in [0.717, 1.165) is 39.1 Å². The Labute approximate surface area is 125 Å². The predicted octanol–water partition coefficient (Wildman–Crippen LogP) is 0.441. The van der Waals surface area contributed by atoms with Crippen molar-refractivity contribution in [1.29, 1.82) is 0 Å². The number of likely N-dealkylation sites (N-methyl/N-ethyl adjacent to an activating group) is 2. The number of nitrogens with zero attached hydrogens (tertiary/aromatic N) is 3. The van der Waals surface area contributed by atoms with Gasteiger partial charge in [0.15, 0.2) is 5.96 Å². The molecule has 0 bridgehead atoms. The lowest BCUT2D eigenvalue weighted by Crippen LogP contribution is -2.51. The highest BCUT2D eigenvalue weighted by atomic mass is 32.1. The summed E-state index contributed by atoms with van der Waals surface area (Å²) >= 11 is 1.78. The van der Waals surface area contributed by atoms with Crippen LogP contribution >= 0.6 is 11.3 Å². The van der Waals surface area contributed by atoms with Crippen molar-refractivity contribution in [3.8, 4) is 0 Å². The summed E-state index contributed by atoms with van der Waals surface area (Å²) in [5.41, 5.74) is 5.92. The molecule has 2 rings (SSSR count). The zero-order valence-electron chi connectivity index (χ0n) is 12.4. The van der Waals surface area contributed by atoms with Crippen LogP contribution in [0.1, 0.15) is 4.88 Å². The molecule has 1 unspecified atom stereocenters. The van der Waals surface area contributed by atoms with Crippen LogP contribution in [0.3, 0.4) is 0 Å². The number of guanidine groups is 1. The normalized spacial score (nSPS) is 22.1. The summed E-state index contributed by atoms with van der Waals surface area (Å²) < 4.78 is 0. The molecule has 5 nitrogen and oxygen atoms in total. The molecule has 1 aromatic heterocycles. The van der Waals surface area contributed by atoms with E-state index in [-0.39, 0.29) is 0 Å². The van der Waals surface area contributed by atoms with E-state index >= 15 is 0 Å². The van der Waals surface area contributed by atoms with Crippen molar-refractivity contribution in [2.75, 3.05) is 46.8 Å². The smallest absolute Gasteiger partial charge is 0.188 e. The van der Waals surface area contributed by atoms with E-state index in [9.17, 15) is 0 Å². The number of rotatable bonds is 5. The fraction of sp³-hybridized carbons (Fsp3) is 0.643. The van der Waals surface area contributed by atoms with E-state index in [1.165, 1.54) is 4.88 Å². The molecule has 1 aromatic rings. The number of piperazine rings is 1. The fourth-order valence-corrected chi connectivity index (χ4v) is 3.04. The standard InChI is InChI=1S/C14H25N5S/c1-18-7-8-19(2)12(11-18)10-17-14(15)16-6-5-13-4-3-9-20-13/h3-4,9,12H,5-8,10-11H2,1-2H3,(H3,15,16,17). The van der Waals surface area contributed by atoms with Crippen molar-refractivity contribution < 1.29 is 0 Å². The van der Waals surface area contributed by atoms with Crippen LogP contribution in [0, 0.1) is 0 Å². The van der Waals surface area contributed by atoms with Gasteiger partial charge in [-0.1, -0.05) is 6.07 Å². The quantitative estimate of drug-likeness (QED) is 0.611. The third kappa shape index (κ3) is 4.77. The molecule has 0 amide bonds. The Kier molecular flexibility index (Phi) is 5.82. The Morgan fingerprint density at radius 2 is 2.35 bits per heavy atom. The van der Waals surface area contributed by atoms with E-state index < -0.39 is 0 Å². The second kappa shape index (κ2) is 7.61. The second-order valence-electron chi connectivity index (χ2n) is 5.38. The molecule has 0 aliphatic carbocycles. The lowest BCUT2D eigenvalue weighted by atomic mass is 10.2. The van der Waals surface area contributed by atoms with Crippen LogP contribution in [0.25, 0.3) is 0 Å². The lowest BCUT2D eigenvalue weighted by molar-refractivity contribution is 0.119. The molecule has 6 heteroatoms. The first kappa shape index (κ1) is 15.3. The highest BCUT2D eigenvalue weighted by molar-refractivity contribution is 7.09. The van der Waals surface area contributed by atoms with Crippen LogP contribution in [-0.4, -0.2) is 68.6 Å². The van der Waals surface area contributed by atoms with Crippen LogP contribution in [0.4, 0.5) is 0 Å². The van der Waals surface area contributed by atoms with Crippen LogP contribution in [0.15, 0.2) is 22.5 Å². The SMILES string of the molecule is CN1CCN(C)C(CN=C(N)NCCc2cccs2)C1. The predicted molar refractivity (Wildman–Crippen MR) is 86.4 cm³/mol. The molecule has 112 valence electrons. The van der Waals surface area contributed by atoms with Gasteiger partial charge in [0.05, 0.1) is 6.54 Å². The minimum atomic E-state index is 0.464. The molecule has 20 heavy (non-hydrogen) atoms. The minimum absolute atomic E-state index is 0.464. The summed E-state index contributed by atoms with van der Waals surface area (Å²) in [5, 5.41) is 5.29. The van der Waals surface area contributed by atoms with E-state index in [1.54, 1.807) is 11.3 Å². The van der Waals surface area contributed by atoms with Crippen LogP contribution in [-0.2, 0) is 6.42 Å². The van der Waals surface area contributed by atoms with Gasteiger partial charge in [-0.25, -0.2) is 0 Å². The van der Waals surface area contributed by atoms with Gasteiger partial charge in [-0.05, 0) is 32.0 Å². The van der Waals surface area contributed by atoms with Gasteiger partial charge in [-0.15, -0.1) is 11.3 Å². The van der Waals surface area contributed by atoms with Gasteiger partial charge in [0.25, 0.3) is 0 Å². The zero-order chi connectivity index (χ0) is 14.4. The third-order valence-electron chi connectivity index (χ3n) is 3.71. The van der Waals surface area contributed by atoms with Gasteiger partial charge < -0.3 is 16.0 Å². The molecule has 1 saturated heterocycles. The van der Waals surface area contributed by atoms with Crippen molar-refractivity contribution in [2.24, 2.45) is 10.7 Å². The van der Waals surface area contributed by atoms with Crippen molar-refractivity contribution in [3.05, 3.63) is 22.4 Å². The van der Waals surface area contributed by atoms with Gasteiger partial charge in [-0.3, -0.25) is 9.89 Å². The van der Waals surface area contributed by atoms with Gasteiger partial charge in [0.2, 0.25) is 0 Å². The van der Waals surface area contributed by atoms with Crippen molar-refractivity contribution in [1.82, 2.24) is 15.1 Å². The second-order valence-corrected chi connectivity index (χ2v) is 6.41. The first-order chi connectivity index (χ1) is 9.65. The molecule has 3 N–H and O–H groups in total. The number of nitrogens with two attached hydrogens (primary N) is 1. The Bertz CT molecular complexity index is 417. The van der Waals surface area contributed by atoms with Crippen LogP contribution < -0.4 is 11.1 Å². The Hall–Kier alpha value is -1.11. The maximum atomic E-state index is 5.92. The van der Waals surface area contributed by atoms with E-state index in [0.29, 0.717) is 12.0 Å². The number of hydrogen-bond acceptors (Lipinski definition) is 4. The molecule has 0 spiro atoms. The molecule has 1 aliphatic heterocycles. The maximum absolute atomic E-state index is 5.92. The first-order valence-corrected chi connectivity index (χ1v) is 7.98. The highest BCUT2D eigenvalue weighted by Crippen LogP contribution is 2.08. The number of hydrogen-bond donors (Lipinski definition) is 2. The molecule has 1 aliphatic rings. The molecule has 1 fully saturated rings. The molecular weight excluding hydrogens is 270 g/mol. The van der Waals surface area contributed by atoms with E-state index in [4.69, 9.17) is 5.73 Å². The van der Waals surface area contributed by atoms with E-state index in [1.807, 2.05) is 0 Å². The molecule has 0 saturated carbocycles. The first-order valence-electron chi connectivity index (χ1n) is 7.10. The molecule has 2 heterocycles. The Balaban J connectivity index is 1.70. The summed E-state index contributed by atoms with van der Waals surface area (Å²) in [4.78, 5) is 10.6. The van der Waals surface area contributed by atoms with Crippen LogP contribution in [0.5, 0.6) is 0 Å². The summed E-state index contributed by atoms with van der Waals surface area (Å²) in [6.07, 6.45) is 1.000. The average Bonchev–Trinajstić information content (AvgIpc) is 2.93. The van der Waals surface area contributed by atoms with Gasteiger partial charge in [0.1, 0.15) is 0 Å². The lowest BCUT2D eigenvalue weighted by Gasteiger charge is -2.36. The summed E-state index contributed by atoms with van der Waals surface area (Å²) in [6.45, 7) is 4.89.